The maximum absolute atomic E-state index is 12.0. The fourth-order valence-corrected chi connectivity index (χ4v) is 1.72. The van der Waals surface area contributed by atoms with Gasteiger partial charge in [0.2, 0.25) is 0 Å². The summed E-state index contributed by atoms with van der Waals surface area (Å²) >= 11 is 0. The molecular weight excluding hydrogens is 214 g/mol. The van der Waals surface area contributed by atoms with Crippen LogP contribution in [0.25, 0.3) is 0 Å². The van der Waals surface area contributed by atoms with Crippen LogP contribution in [-0.4, -0.2) is 16.1 Å². The minimum Gasteiger partial charge on any atom is -0.322 e. The average Bonchev–Trinajstić information content (AvgIpc) is 2.68. The highest BCUT2D eigenvalue weighted by Gasteiger charge is 2.11. The van der Waals surface area contributed by atoms with E-state index in [2.05, 4.69) is 15.5 Å². The standard InChI is InChI=1S/C13H15N3O/c1-8-4-5-12(9(2)6-8)15-13(17)11-7-14-16-10(11)3/h4-7H,1-3H3,(H,14,16)(H,15,17). The summed E-state index contributed by atoms with van der Waals surface area (Å²) in [6.07, 6.45) is 1.54. The van der Waals surface area contributed by atoms with Crippen molar-refractivity contribution in [2.24, 2.45) is 0 Å². The molecule has 1 heterocycles. The molecule has 0 saturated heterocycles. The van der Waals surface area contributed by atoms with Crippen molar-refractivity contribution in [2.75, 3.05) is 5.32 Å². The quantitative estimate of drug-likeness (QED) is 0.831. The first kappa shape index (κ1) is 11.4. The highest BCUT2D eigenvalue weighted by molar-refractivity contribution is 6.05. The maximum Gasteiger partial charge on any atom is 0.259 e. The third-order valence-corrected chi connectivity index (χ3v) is 2.70. The van der Waals surface area contributed by atoms with E-state index in [0.717, 1.165) is 16.9 Å². The SMILES string of the molecule is Cc1ccc(NC(=O)c2cn[nH]c2C)c(C)c1. The molecule has 2 aromatic rings. The molecular formula is C13H15N3O. The molecule has 2 N–H and O–H groups in total. The monoisotopic (exact) mass is 229 g/mol. The summed E-state index contributed by atoms with van der Waals surface area (Å²) < 4.78 is 0. The van der Waals surface area contributed by atoms with E-state index < -0.39 is 0 Å². The van der Waals surface area contributed by atoms with Crippen LogP contribution in [0.3, 0.4) is 0 Å². The zero-order chi connectivity index (χ0) is 12.4. The van der Waals surface area contributed by atoms with Gasteiger partial charge in [0.25, 0.3) is 5.91 Å². The smallest absolute Gasteiger partial charge is 0.259 e. The van der Waals surface area contributed by atoms with Crippen molar-refractivity contribution in [3.05, 3.63) is 46.8 Å². The van der Waals surface area contributed by atoms with E-state index in [0.29, 0.717) is 5.56 Å². The van der Waals surface area contributed by atoms with E-state index in [1.54, 1.807) is 0 Å². The zero-order valence-electron chi connectivity index (χ0n) is 10.2. The molecule has 0 atom stereocenters. The molecule has 1 amide bonds. The van der Waals surface area contributed by atoms with Gasteiger partial charge in [0, 0.05) is 11.4 Å². The average molecular weight is 229 g/mol. The number of nitrogens with one attached hydrogen (secondary N) is 2. The largest absolute Gasteiger partial charge is 0.322 e. The summed E-state index contributed by atoms with van der Waals surface area (Å²) in [6.45, 7) is 5.83. The van der Waals surface area contributed by atoms with E-state index in [9.17, 15) is 4.79 Å². The summed E-state index contributed by atoms with van der Waals surface area (Å²) in [4.78, 5) is 12.0. The fraction of sp³-hybridized carbons (Fsp3) is 0.231. The Labute approximate surface area is 100 Å². The Hall–Kier alpha value is -2.10. The number of hydrogen-bond acceptors (Lipinski definition) is 2. The molecule has 4 heteroatoms. The number of nitrogens with zero attached hydrogens (tertiary/aromatic N) is 1. The van der Waals surface area contributed by atoms with Gasteiger partial charge in [-0.3, -0.25) is 9.89 Å². The number of H-pyrrole nitrogens is 1. The van der Waals surface area contributed by atoms with Crippen LogP contribution >= 0.6 is 0 Å². The summed E-state index contributed by atoms with van der Waals surface area (Å²) in [5.41, 5.74) is 4.41. The Morgan fingerprint density at radius 1 is 1.29 bits per heavy atom. The van der Waals surface area contributed by atoms with Gasteiger partial charge in [-0.1, -0.05) is 17.7 Å². The van der Waals surface area contributed by atoms with Crippen LogP contribution in [0, 0.1) is 20.8 Å². The van der Waals surface area contributed by atoms with Crippen LogP contribution in [0.5, 0.6) is 0 Å². The molecule has 0 aliphatic heterocycles. The first-order valence-corrected chi connectivity index (χ1v) is 5.46. The van der Waals surface area contributed by atoms with Gasteiger partial charge in [-0.15, -0.1) is 0 Å². The number of carbonyl (C=O) groups excluding carboxylic acids is 1. The Kier molecular flexibility index (Phi) is 2.95. The number of benzene rings is 1. The Morgan fingerprint density at radius 3 is 2.65 bits per heavy atom. The van der Waals surface area contributed by atoms with Crippen LogP contribution in [0.1, 0.15) is 27.2 Å². The van der Waals surface area contributed by atoms with Crippen molar-refractivity contribution in [3.8, 4) is 0 Å². The lowest BCUT2D eigenvalue weighted by Gasteiger charge is -2.08. The highest BCUT2D eigenvalue weighted by atomic mass is 16.1. The number of hydrogen-bond donors (Lipinski definition) is 2. The molecule has 1 aromatic carbocycles. The second-order valence-electron chi connectivity index (χ2n) is 4.18. The first-order valence-electron chi connectivity index (χ1n) is 5.46. The van der Waals surface area contributed by atoms with Gasteiger partial charge in [-0.2, -0.15) is 5.10 Å². The van der Waals surface area contributed by atoms with E-state index in [1.165, 1.54) is 11.8 Å². The molecule has 0 bridgehead atoms. The van der Waals surface area contributed by atoms with Crippen LogP contribution in [-0.2, 0) is 0 Å². The number of aromatic nitrogens is 2. The van der Waals surface area contributed by atoms with Crippen LogP contribution in [0.15, 0.2) is 24.4 Å². The summed E-state index contributed by atoms with van der Waals surface area (Å²) in [5, 5.41) is 9.47. The Balaban J connectivity index is 2.22. The molecule has 17 heavy (non-hydrogen) atoms. The minimum atomic E-state index is -0.136. The predicted molar refractivity (Wildman–Crippen MR) is 67.2 cm³/mol. The third-order valence-electron chi connectivity index (χ3n) is 2.70. The molecule has 0 aliphatic carbocycles. The summed E-state index contributed by atoms with van der Waals surface area (Å²) in [7, 11) is 0. The number of anilines is 1. The molecule has 0 radical (unpaired) electrons. The zero-order valence-corrected chi connectivity index (χ0v) is 10.2. The van der Waals surface area contributed by atoms with Crippen molar-refractivity contribution in [1.29, 1.82) is 0 Å². The van der Waals surface area contributed by atoms with Crippen molar-refractivity contribution in [2.45, 2.75) is 20.8 Å². The van der Waals surface area contributed by atoms with E-state index in [-0.39, 0.29) is 5.91 Å². The first-order chi connectivity index (χ1) is 8.08. The normalized spacial score (nSPS) is 10.3. The molecule has 0 fully saturated rings. The van der Waals surface area contributed by atoms with Crippen molar-refractivity contribution in [3.63, 3.8) is 0 Å². The van der Waals surface area contributed by atoms with Gasteiger partial charge in [0.15, 0.2) is 0 Å². The second kappa shape index (κ2) is 4.41. The molecule has 0 spiro atoms. The molecule has 4 nitrogen and oxygen atoms in total. The Bertz CT molecular complexity index is 558. The second-order valence-corrected chi connectivity index (χ2v) is 4.18. The highest BCUT2D eigenvalue weighted by Crippen LogP contribution is 2.17. The topological polar surface area (TPSA) is 57.8 Å². The van der Waals surface area contributed by atoms with E-state index >= 15 is 0 Å². The number of aryl methyl sites for hydroxylation is 3. The Morgan fingerprint density at radius 2 is 2.06 bits per heavy atom. The fourth-order valence-electron chi connectivity index (χ4n) is 1.72. The maximum atomic E-state index is 12.0. The number of amides is 1. The molecule has 0 saturated carbocycles. The lowest BCUT2D eigenvalue weighted by Crippen LogP contribution is -2.13. The van der Waals surface area contributed by atoms with Gasteiger partial charge >= 0.3 is 0 Å². The summed E-state index contributed by atoms with van der Waals surface area (Å²) in [6, 6.07) is 5.93. The van der Waals surface area contributed by atoms with Crippen molar-refractivity contribution in [1.82, 2.24) is 10.2 Å². The lowest BCUT2D eigenvalue weighted by molar-refractivity contribution is 0.102. The number of aromatic amines is 1. The van der Waals surface area contributed by atoms with Crippen LogP contribution in [0.2, 0.25) is 0 Å². The summed E-state index contributed by atoms with van der Waals surface area (Å²) in [5.74, 6) is -0.136. The lowest BCUT2D eigenvalue weighted by atomic mass is 10.1. The molecule has 88 valence electrons. The van der Waals surface area contributed by atoms with Gasteiger partial charge in [-0.25, -0.2) is 0 Å². The van der Waals surface area contributed by atoms with E-state index in [1.807, 2.05) is 39.0 Å². The van der Waals surface area contributed by atoms with Crippen LogP contribution in [0.4, 0.5) is 5.69 Å². The predicted octanol–water partition coefficient (Wildman–Crippen LogP) is 2.59. The van der Waals surface area contributed by atoms with Crippen molar-refractivity contribution >= 4 is 11.6 Å². The molecule has 0 unspecified atom stereocenters. The van der Waals surface area contributed by atoms with Crippen LogP contribution < -0.4 is 5.32 Å². The number of carbonyl (C=O) groups is 1. The molecule has 1 aromatic heterocycles. The molecule has 0 aliphatic rings. The van der Waals surface area contributed by atoms with Gasteiger partial charge in [0.05, 0.1) is 11.8 Å². The third kappa shape index (κ3) is 2.36. The van der Waals surface area contributed by atoms with Gasteiger partial charge in [-0.05, 0) is 32.4 Å². The number of rotatable bonds is 2. The molecule has 2 rings (SSSR count). The van der Waals surface area contributed by atoms with E-state index in [4.69, 9.17) is 0 Å². The minimum absolute atomic E-state index is 0.136. The van der Waals surface area contributed by atoms with Gasteiger partial charge in [0.1, 0.15) is 0 Å². The van der Waals surface area contributed by atoms with Gasteiger partial charge < -0.3 is 5.32 Å². The van der Waals surface area contributed by atoms with Crippen molar-refractivity contribution < 1.29 is 4.79 Å².